The molecule has 0 spiro atoms. The predicted octanol–water partition coefficient (Wildman–Crippen LogP) is 1.27. The fourth-order valence-corrected chi connectivity index (χ4v) is 1.34. The molecular formula is C16H30O8. The van der Waals surface area contributed by atoms with E-state index in [0.717, 1.165) is 0 Å². The van der Waals surface area contributed by atoms with Crippen molar-refractivity contribution in [3.05, 3.63) is 0 Å². The van der Waals surface area contributed by atoms with Crippen LogP contribution in [0.5, 0.6) is 0 Å². The first kappa shape index (κ1) is 22.8. The Bertz CT molecular complexity index is 342. The van der Waals surface area contributed by atoms with Crippen molar-refractivity contribution in [2.45, 2.75) is 27.7 Å². The molecule has 0 atom stereocenters. The molecule has 0 radical (unpaired) electrons. The maximum Gasteiger partial charge on any atom is 0.311 e. The third kappa shape index (κ3) is 10.5. The van der Waals surface area contributed by atoms with E-state index in [9.17, 15) is 9.59 Å². The number of ether oxygens (including phenoxy) is 4. The van der Waals surface area contributed by atoms with Gasteiger partial charge in [0.2, 0.25) is 0 Å². The van der Waals surface area contributed by atoms with E-state index in [0.29, 0.717) is 39.6 Å². The molecule has 0 amide bonds. The number of carbonyl (C=O) groups is 2. The summed E-state index contributed by atoms with van der Waals surface area (Å²) >= 11 is 0. The zero-order valence-corrected chi connectivity index (χ0v) is 15.0. The molecule has 0 saturated heterocycles. The van der Waals surface area contributed by atoms with Crippen molar-refractivity contribution in [2.75, 3.05) is 52.9 Å². The average molecular weight is 350 g/mol. The van der Waals surface area contributed by atoms with Gasteiger partial charge in [-0.15, -0.1) is 0 Å². The van der Waals surface area contributed by atoms with Crippen LogP contribution in [0.4, 0.5) is 0 Å². The molecule has 0 aromatic rings. The molecule has 0 bridgehead atoms. The molecule has 2 N–H and O–H groups in total. The van der Waals surface area contributed by atoms with E-state index in [1.165, 1.54) is 0 Å². The molecule has 142 valence electrons. The Kier molecular flexibility index (Phi) is 10.8. The highest BCUT2D eigenvalue weighted by Gasteiger charge is 2.27. The maximum atomic E-state index is 10.9. The molecule has 8 nitrogen and oxygen atoms in total. The van der Waals surface area contributed by atoms with Crippen molar-refractivity contribution in [3.8, 4) is 0 Å². The van der Waals surface area contributed by atoms with Crippen molar-refractivity contribution < 1.29 is 38.7 Å². The smallest absolute Gasteiger partial charge is 0.311 e. The molecule has 0 heterocycles. The van der Waals surface area contributed by atoms with Crippen LogP contribution in [0.2, 0.25) is 0 Å². The van der Waals surface area contributed by atoms with Gasteiger partial charge in [0, 0.05) is 0 Å². The maximum absolute atomic E-state index is 10.9. The first-order chi connectivity index (χ1) is 11.1. The van der Waals surface area contributed by atoms with E-state index in [1.54, 1.807) is 27.7 Å². The molecule has 24 heavy (non-hydrogen) atoms. The lowest BCUT2D eigenvalue weighted by Crippen LogP contribution is -2.30. The lowest BCUT2D eigenvalue weighted by Gasteiger charge is -2.19. The molecule has 0 aliphatic heterocycles. The lowest BCUT2D eigenvalue weighted by molar-refractivity contribution is -0.151. The highest BCUT2D eigenvalue weighted by molar-refractivity contribution is 5.74. The summed E-state index contributed by atoms with van der Waals surface area (Å²) in [6, 6.07) is 0. The van der Waals surface area contributed by atoms with Crippen LogP contribution >= 0.6 is 0 Å². The van der Waals surface area contributed by atoms with E-state index in [4.69, 9.17) is 29.2 Å². The largest absolute Gasteiger partial charge is 0.481 e. The first-order valence-electron chi connectivity index (χ1n) is 7.87. The van der Waals surface area contributed by atoms with Crippen molar-refractivity contribution in [3.63, 3.8) is 0 Å². The summed E-state index contributed by atoms with van der Waals surface area (Å²) in [7, 11) is 0. The molecule has 0 aromatic carbocycles. The number of hydrogen-bond donors (Lipinski definition) is 2. The van der Waals surface area contributed by atoms with Gasteiger partial charge in [-0.25, -0.2) is 0 Å². The topological polar surface area (TPSA) is 112 Å². The zero-order chi connectivity index (χ0) is 18.6. The molecule has 0 aromatic heterocycles. The van der Waals surface area contributed by atoms with Crippen molar-refractivity contribution >= 4 is 11.9 Å². The molecule has 8 heteroatoms. The molecule has 0 fully saturated rings. The van der Waals surface area contributed by atoms with Gasteiger partial charge in [0.25, 0.3) is 0 Å². The van der Waals surface area contributed by atoms with Crippen molar-refractivity contribution in [2.24, 2.45) is 10.8 Å². The van der Waals surface area contributed by atoms with Gasteiger partial charge >= 0.3 is 11.9 Å². The van der Waals surface area contributed by atoms with Crippen LogP contribution in [-0.2, 0) is 28.5 Å². The summed E-state index contributed by atoms with van der Waals surface area (Å²) in [5.41, 5.74) is -1.81. The molecule has 0 rings (SSSR count). The second-order valence-electron chi connectivity index (χ2n) is 6.71. The Morgan fingerprint density at radius 1 is 0.625 bits per heavy atom. The summed E-state index contributed by atoms with van der Waals surface area (Å²) in [4.78, 5) is 21.7. The quantitative estimate of drug-likeness (QED) is 0.425. The third-order valence-corrected chi connectivity index (χ3v) is 3.20. The molecule has 0 aliphatic rings. The van der Waals surface area contributed by atoms with Crippen LogP contribution in [0.3, 0.4) is 0 Å². The second kappa shape index (κ2) is 11.4. The van der Waals surface area contributed by atoms with E-state index in [1.807, 2.05) is 0 Å². The highest BCUT2D eigenvalue weighted by Crippen LogP contribution is 2.15. The van der Waals surface area contributed by atoms with E-state index in [-0.39, 0.29) is 13.2 Å². The minimum absolute atomic E-state index is 0.131. The van der Waals surface area contributed by atoms with Gasteiger partial charge < -0.3 is 29.2 Å². The second-order valence-corrected chi connectivity index (χ2v) is 6.71. The Balaban J connectivity index is 3.38. The number of carboxylic acid groups (broad SMARTS) is 2. The van der Waals surface area contributed by atoms with Gasteiger partial charge in [-0.05, 0) is 27.7 Å². The Morgan fingerprint density at radius 3 is 1.12 bits per heavy atom. The monoisotopic (exact) mass is 350 g/mol. The zero-order valence-electron chi connectivity index (χ0n) is 15.0. The number of hydrogen-bond acceptors (Lipinski definition) is 6. The first-order valence-corrected chi connectivity index (χ1v) is 7.87. The van der Waals surface area contributed by atoms with Crippen LogP contribution in [0, 0.1) is 10.8 Å². The van der Waals surface area contributed by atoms with Gasteiger partial charge in [0.05, 0.1) is 63.7 Å². The summed E-state index contributed by atoms with van der Waals surface area (Å²) in [6.07, 6.45) is 0. The van der Waals surface area contributed by atoms with E-state index in [2.05, 4.69) is 0 Å². The molecule has 0 saturated carbocycles. The third-order valence-electron chi connectivity index (χ3n) is 3.20. The summed E-state index contributed by atoms with van der Waals surface area (Å²) in [5, 5.41) is 17.8. The highest BCUT2D eigenvalue weighted by atomic mass is 16.6. The predicted molar refractivity (Wildman–Crippen MR) is 86.1 cm³/mol. The lowest BCUT2D eigenvalue weighted by atomic mass is 9.95. The summed E-state index contributed by atoms with van der Waals surface area (Å²) < 4.78 is 21.1. The SMILES string of the molecule is CC(C)(COCCOCCOCCOCC(C)(C)C(=O)O)C(=O)O. The van der Waals surface area contributed by atoms with Gasteiger partial charge in [-0.3, -0.25) is 9.59 Å². The van der Waals surface area contributed by atoms with Crippen LogP contribution in [0.25, 0.3) is 0 Å². The molecule has 0 aliphatic carbocycles. The van der Waals surface area contributed by atoms with Gasteiger partial charge in [0.1, 0.15) is 0 Å². The van der Waals surface area contributed by atoms with Crippen LogP contribution in [-0.4, -0.2) is 75.0 Å². The van der Waals surface area contributed by atoms with Crippen molar-refractivity contribution in [1.29, 1.82) is 0 Å². The molecular weight excluding hydrogens is 320 g/mol. The van der Waals surface area contributed by atoms with Crippen molar-refractivity contribution in [1.82, 2.24) is 0 Å². The Labute approximate surface area is 143 Å². The summed E-state index contributed by atoms with van der Waals surface area (Å²) in [5.74, 6) is -1.79. The van der Waals surface area contributed by atoms with Crippen LogP contribution in [0.15, 0.2) is 0 Å². The van der Waals surface area contributed by atoms with Crippen LogP contribution in [0.1, 0.15) is 27.7 Å². The standard InChI is InChI=1S/C16H30O8/c1-15(2,13(17)18)11-23-9-7-21-5-6-22-8-10-24-12-16(3,4)14(19)20/h5-12H2,1-4H3,(H,17,18)(H,19,20). The number of aliphatic carboxylic acids is 2. The fourth-order valence-electron chi connectivity index (χ4n) is 1.34. The van der Waals surface area contributed by atoms with Crippen LogP contribution < -0.4 is 0 Å². The average Bonchev–Trinajstić information content (AvgIpc) is 2.47. The molecule has 0 unspecified atom stereocenters. The van der Waals surface area contributed by atoms with Gasteiger partial charge in [0.15, 0.2) is 0 Å². The van der Waals surface area contributed by atoms with E-state index < -0.39 is 22.8 Å². The van der Waals surface area contributed by atoms with Gasteiger partial charge in [-0.2, -0.15) is 0 Å². The minimum Gasteiger partial charge on any atom is -0.481 e. The Hall–Kier alpha value is -1.22. The summed E-state index contributed by atoms with van der Waals surface area (Å²) in [6.45, 7) is 8.83. The minimum atomic E-state index is -0.904. The number of carboxylic acids is 2. The fraction of sp³-hybridized carbons (Fsp3) is 0.875. The van der Waals surface area contributed by atoms with E-state index >= 15 is 0 Å². The number of rotatable bonds is 15. The Morgan fingerprint density at radius 2 is 0.875 bits per heavy atom. The normalized spacial score (nSPS) is 12.3. The van der Waals surface area contributed by atoms with Gasteiger partial charge in [-0.1, -0.05) is 0 Å².